The quantitative estimate of drug-likeness (QED) is 0.308. The summed E-state index contributed by atoms with van der Waals surface area (Å²) in [5.41, 5.74) is 2.30. The molecule has 1 atom stereocenters. The topological polar surface area (TPSA) is 66.8 Å². The number of Topliss-reactive ketones (excluding diaryl/α,β-unsaturated/α-hetero) is 1. The molecule has 1 aromatic heterocycles. The second-order valence-electron chi connectivity index (χ2n) is 8.03. The molecule has 4 rings (SSSR count). The molecule has 6 heteroatoms. The lowest BCUT2D eigenvalue weighted by Gasteiger charge is -2.25. The van der Waals surface area contributed by atoms with Crippen molar-refractivity contribution in [3.8, 4) is 5.75 Å². The van der Waals surface area contributed by atoms with Crippen LogP contribution in [0.2, 0.25) is 0 Å². The maximum absolute atomic E-state index is 13.2. The van der Waals surface area contributed by atoms with Crippen molar-refractivity contribution in [2.75, 3.05) is 7.11 Å². The van der Waals surface area contributed by atoms with Crippen LogP contribution < -0.4 is 4.74 Å². The van der Waals surface area contributed by atoms with E-state index in [1.165, 1.54) is 11.3 Å². The van der Waals surface area contributed by atoms with Gasteiger partial charge in [-0.2, -0.15) is 0 Å². The van der Waals surface area contributed by atoms with Gasteiger partial charge in [0.1, 0.15) is 11.5 Å². The van der Waals surface area contributed by atoms with Crippen LogP contribution in [0.3, 0.4) is 0 Å². The van der Waals surface area contributed by atoms with Gasteiger partial charge < -0.3 is 14.7 Å². The minimum absolute atomic E-state index is 0.109. The molecule has 32 heavy (non-hydrogen) atoms. The number of nitrogens with zero attached hydrogens (tertiary/aromatic N) is 1. The molecule has 1 amide bonds. The minimum atomic E-state index is -0.671. The predicted molar refractivity (Wildman–Crippen MR) is 126 cm³/mol. The number of carbonyl (C=O) groups is 2. The molecule has 1 unspecified atom stereocenters. The standard InChI is InChI=1S/C26H25NO4S/c1-16(2)20-14-18(11-12-21(20)31-3)24(28)22-23(17-8-5-4-6-9-17)27(26(30)25(22)29)15-19-10-7-13-32-19/h4-14,16,23,28H,15H2,1-3H3/b24-22-. The SMILES string of the molecule is COc1ccc(/C(O)=C2/C(=O)C(=O)N(Cc3cccs3)C2c2ccccc2)cc1C(C)C. The lowest BCUT2D eigenvalue weighted by atomic mass is 9.93. The summed E-state index contributed by atoms with van der Waals surface area (Å²) in [7, 11) is 1.60. The van der Waals surface area contributed by atoms with Gasteiger partial charge in [0.25, 0.3) is 11.7 Å². The summed E-state index contributed by atoms with van der Waals surface area (Å²) >= 11 is 1.53. The van der Waals surface area contributed by atoms with E-state index in [-0.39, 0.29) is 17.3 Å². The Kier molecular flexibility index (Phi) is 6.15. The summed E-state index contributed by atoms with van der Waals surface area (Å²) in [6.45, 7) is 4.37. The highest BCUT2D eigenvalue weighted by molar-refractivity contribution is 7.09. The van der Waals surface area contributed by atoms with Crippen LogP contribution in [0, 0.1) is 0 Å². The van der Waals surface area contributed by atoms with Crippen molar-refractivity contribution in [3.05, 3.63) is 93.2 Å². The highest BCUT2D eigenvalue weighted by Gasteiger charge is 2.46. The molecule has 1 aliphatic rings. The monoisotopic (exact) mass is 447 g/mol. The number of rotatable bonds is 6. The molecule has 0 aliphatic carbocycles. The fraction of sp³-hybridized carbons (Fsp3) is 0.231. The van der Waals surface area contributed by atoms with Gasteiger partial charge in [-0.3, -0.25) is 9.59 Å². The normalized spacial score (nSPS) is 17.9. The molecule has 0 radical (unpaired) electrons. The number of amides is 1. The minimum Gasteiger partial charge on any atom is -0.507 e. The van der Waals surface area contributed by atoms with Crippen LogP contribution in [0.15, 0.2) is 71.6 Å². The number of hydrogen-bond donors (Lipinski definition) is 1. The van der Waals surface area contributed by atoms with Crippen molar-refractivity contribution >= 4 is 28.8 Å². The van der Waals surface area contributed by atoms with Crippen molar-refractivity contribution in [1.82, 2.24) is 4.90 Å². The Morgan fingerprint density at radius 3 is 2.47 bits per heavy atom. The number of benzene rings is 2. The number of aliphatic hydroxyl groups is 1. The van der Waals surface area contributed by atoms with Gasteiger partial charge in [0.05, 0.1) is 25.3 Å². The number of carbonyl (C=O) groups excluding carboxylic acids is 2. The summed E-state index contributed by atoms with van der Waals surface area (Å²) in [5.74, 6) is -0.574. The van der Waals surface area contributed by atoms with Gasteiger partial charge in [0.2, 0.25) is 0 Å². The molecule has 164 valence electrons. The maximum atomic E-state index is 13.2. The Hall–Kier alpha value is -3.38. The molecule has 5 nitrogen and oxygen atoms in total. The molecular weight excluding hydrogens is 422 g/mol. The summed E-state index contributed by atoms with van der Waals surface area (Å²) in [6.07, 6.45) is 0. The van der Waals surface area contributed by atoms with E-state index in [1.54, 1.807) is 24.1 Å². The van der Waals surface area contributed by atoms with Gasteiger partial charge in [-0.15, -0.1) is 11.3 Å². The molecule has 1 saturated heterocycles. The molecule has 2 aromatic carbocycles. The first-order valence-electron chi connectivity index (χ1n) is 10.5. The van der Waals surface area contributed by atoms with Gasteiger partial charge >= 0.3 is 0 Å². The van der Waals surface area contributed by atoms with Gasteiger partial charge in [-0.25, -0.2) is 0 Å². The average Bonchev–Trinajstić information content (AvgIpc) is 3.41. The van der Waals surface area contributed by atoms with Crippen molar-refractivity contribution in [3.63, 3.8) is 0 Å². The van der Waals surface area contributed by atoms with Gasteiger partial charge in [-0.05, 0) is 46.7 Å². The number of likely N-dealkylation sites (tertiary alicyclic amines) is 1. The smallest absolute Gasteiger partial charge is 0.295 e. The first kappa shape index (κ1) is 21.8. The molecule has 3 aromatic rings. The highest BCUT2D eigenvalue weighted by Crippen LogP contribution is 2.41. The van der Waals surface area contributed by atoms with Crippen LogP contribution in [-0.2, 0) is 16.1 Å². The van der Waals surface area contributed by atoms with E-state index in [4.69, 9.17) is 4.74 Å². The fourth-order valence-electron chi connectivity index (χ4n) is 4.08. The summed E-state index contributed by atoms with van der Waals surface area (Å²) in [6, 6.07) is 17.9. The number of aliphatic hydroxyl groups excluding tert-OH is 1. The van der Waals surface area contributed by atoms with Crippen LogP contribution in [-0.4, -0.2) is 28.8 Å². The van der Waals surface area contributed by atoms with Crippen molar-refractivity contribution in [2.45, 2.75) is 32.4 Å². The number of ketones is 1. The first-order chi connectivity index (χ1) is 15.4. The molecule has 0 saturated carbocycles. The van der Waals surface area contributed by atoms with E-state index in [1.807, 2.05) is 67.8 Å². The second-order valence-corrected chi connectivity index (χ2v) is 9.06. The van der Waals surface area contributed by atoms with E-state index in [0.717, 1.165) is 16.0 Å². The predicted octanol–water partition coefficient (Wildman–Crippen LogP) is 5.50. The number of thiophene rings is 1. The Labute approximate surface area is 191 Å². The molecule has 0 spiro atoms. The van der Waals surface area contributed by atoms with Gasteiger partial charge in [-0.1, -0.05) is 50.2 Å². The average molecular weight is 448 g/mol. The third-order valence-electron chi connectivity index (χ3n) is 5.69. The molecule has 0 bridgehead atoms. The fourth-order valence-corrected chi connectivity index (χ4v) is 4.79. The number of ether oxygens (including phenoxy) is 1. The number of hydrogen-bond acceptors (Lipinski definition) is 5. The Morgan fingerprint density at radius 2 is 1.84 bits per heavy atom. The molecule has 1 N–H and O–H groups in total. The Bertz CT molecular complexity index is 1170. The second kappa shape index (κ2) is 9.01. The maximum Gasteiger partial charge on any atom is 0.295 e. The third-order valence-corrected chi connectivity index (χ3v) is 6.55. The summed E-state index contributed by atoms with van der Waals surface area (Å²) in [4.78, 5) is 28.7. The van der Waals surface area contributed by atoms with E-state index in [0.29, 0.717) is 17.9 Å². The largest absolute Gasteiger partial charge is 0.507 e. The Morgan fingerprint density at radius 1 is 1.09 bits per heavy atom. The molecule has 2 heterocycles. The van der Waals surface area contributed by atoms with Crippen molar-refractivity contribution in [2.24, 2.45) is 0 Å². The van der Waals surface area contributed by atoms with Crippen LogP contribution in [0.5, 0.6) is 5.75 Å². The zero-order chi connectivity index (χ0) is 22.8. The van der Waals surface area contributed by atoms with Crippen molar-refractivity contribution < 1.29 is 19.4 Å². The van der Waals surface area contributed by atoms with E-state index in [9.17, 15) is 14.7 Å². The summed E-state index contributed by atoms with van der Waals surface area (Å²) in [5, 5.41) is 13.2. The van der Waals surface area contributed by atoms with Crippen LogP contribution in [0.1, 0.15) is 47.4 Å². The molecule has 1 fully saturated rings. The van der Waals surface area contributed by atoms with Crippen LogP contribution in [0.25, 0.3) is 5.76 Å². The van der Waals surface area contributed by atoms with Crippen LogP contribution >= 0.6 is 11.3 Å². The lowest BCUT2D eigenvalue weighted by molar-refractivity contribution is -0.140. The van der Waals surface area contributed by atoms with Crippen LogP contribution in [0.4, 0.5) is 0 Å². The molecular formula is C26H25NO4S. The first-order valence-corrected chi connectivity index (χ1v) is 11.3. The Balaban J connectivity index is 1.87. The number of methoxy groups -OCH3 is 1. The highest BCUT2D eigenvalue weighted by atomic mass is 32.1. The third kappa shape index (κ3) is 3.94. The van der Waals surface area contributed by atoms with E-state index >= 15 is 0 Å². The zero-order valence-electron chi connectivity index (χ0n) is 18.2. The lowest BCUT2D eigenvalue weighted by Crippen LogP contribution is -2.28. The van der Waals surface area contributed by atoms with Gasteiger partial charge in [0.15, 0.2) is 0 Å². The zero-order valence-corrected chi connectivity index (χ0v) is 19.1. The van der Waals surface area contributed by atoms with Crippen molar-refractivity contribution in [1.29, 1.82) is 0 Å². The summed E-state index contributed by atoms with van der Waals surface area (Å²) < 4.78 is 5.45. The van der Waals surface area contributed by atoms with E-state index < -0.39 is 17.7 Å². The molecule has 1 aliphatic heterocycles. The van der Waals surface area contributed by atoms with E-state index in [2.05, 4.69) is 0 Å². The van der Waals surface area contributed by atoms with Gasteiger partial charge in [0, 0.05) is 10.4 Å².